The maximum Gasteiger partial charge on any atom is 0.156 e. The lowest BCUT2D eigenvalue weighted by Crippen LogP contribution is -1.91. The van der Waals surface area contributed by atoms with Crippen molar-refractivity contribution in [2.24, 2.45) is 0 Å². The zero-order valence-electron chi connectivity index (χ0n) is 10.4. The summed E-state index contributed by atoms with van der Waals surface area (Å²) in [6, 6.07) is 9.82. The van der Waals surface area contributed by atoms with E-state index >= 15 is 0 Å². The average molecular weight is 431 g/mol. The molecular weight excluding hydrogens is 424 g/mol. The fraction of sp³-hybridized carbons (Fsp3) is 0. The van der Waals surface area contributed by atoms with Gasteiger partial charge in [-0.15, -0.1) is 0 Å². The maximum atomic E-state index is 13.3. The SMILES string of the molecule is Fc1cc(Br)c(Oc2ccnc3cc(Cl)ccc23)c(Br)c1. The molecule has 0 spiro atoms. The first-order valence-corrected chi connectivity index (χ1v) is 7.87. The van der Waals surface area contributed by atoms with Crippen LogP contribution in [0.5, 0.6) is 11.5 Å². The predicted octanol–water partition coefficient (Wildman–Crippen LogP) is 6.34. The molecule has 1 heterocycles. The van der Waals surface area contributed by atoms with Gasteiger partial charge in [-0.3, -0.25) is 4.98 Å². The van der Waals surface area contributed by atoms with Crippen molar-refractivity contribution in [2.45, 2.75) is 0 Å². The van der Waals surface area contributed by atoms with Gasteiger partial charge in [-0.1, -0.05) is 11.6 Å². The molecule has 0 saturated carbocycles. The van der Waals surface area contributed by atoms with Crippen molar-refractivity contribution < 1.29 is 9.13 Å². The van der Waals surface area contributed by atoms with Crippen molar-refractivity contribution in [3.05, 3.63) is 62.4 Å². The molecule has 0 atom stereocenters. The molecule has 2 aromatic carbocycles. The minimum Gasteiger partial charge on any atom is -0.454 e. The van der Waals surface area contributed by atoms with E-state index in [0.29, 0.717) is 25.5 Å². The van der Waals surface area contributed by atoms with Crippen molar-refractivity contribution in [1.82, 2.24) is 4.98 Å². The normalized spacial score (nSPS) is 10.9. The van der Waals surface area contributed by atoms with Gasteiger partial charge >= 0.3 is 0 Å². The Balaban J connectivity index is 2.11. The largest absolute Gasteiger partial charge is 0.454 e. The molecule has 0 bridgehead atoms. The van der Waals surface area contributed by atoms with Crippen LogP contribution in [0.25, 0.3) is 10.9 Å². The van der Waals surface area contributed by atoms with E-state index < -0.39 is 0 Å². The zero-order chi connectivity index (χ0) is 15.0. The van der Waals surface area contributed by atoms with Crippen LogP contribution in [0.1, 0.15) is 0 Å². The van der Waals surface area contributed by atoms with Gasteiger partial charge in [-0.05, 0) is 68.3 Å². The van der Waals surface area contributed by atoms with E-state index in [9.17, 15) is 4.39 Å². The van der Waals surface area contributed by atoms with Crippen molar-refractivity contribution in [2.75, 3.05) is 0 Å². The molecule has 0 N–H and O–H groups in total. The van der Waals surface area contributed by atoms with Gasteiger partial charge in [0.05, 0.1) is 14.5 Å². The van der Waals surface area contributed by atoms with Gasteiger partial charge in [0.25, 0.3) is 0 Å². The highest BCUT2D eigenvalue weighted by Crippen LogP contribution is 2.39. The first kappa shape index (κ1) is 14.8. The number of benzene rings is 2. The van der Waals surface area contributed by atoms with Crippen molar-refractivity contribution in [3.63, 3.8) is 0 Å². The molecule has 2 nitrogen and oxygen atoms in total. The minimum absolute atomic E-state index is 0.354. The van der Waals surface area contributed by atoms with Crippen molar-refractivity contribution in [1.29, 1.82) is 0 Å². The van der Waals surface area contributed by atoms with Crippen LogP contribution in [0.3, 0.4) is 0 Å². The summed E-state index contributed by atoms with van der Waals surface area (Å²) in [5, 5.41) is 1.43. The van der Waals surface area contributed by atoms with Crippen LogP contribution in [0.2, 0.25) is 5.02 Å². The number of nitrogens with zero attached hydrogens (tertiary/aromatic N) is 1. The van der Waals surface area contributed by atoms with Crippen LogP contribution in [0, 0.1) is 5.82 Å². The second-order valence-corrected chi connectivity index (χ2v) is 6.42. The molecule has 0 unspecified atom stereocenters. The lowest BCUT2D eigenvalue weighted by Gasteiger charge is -2.12. The standard InChI is InChI=1S/C15H7Br2ClFNO/c16-11-6-9(19)7-12(17)15(11)21-14-3-4-20-13-5-8(18)1-2-10(13)14/h1-7H. The molecule has 3 rings (SSSR count). The lowest BCUT2D eigenvalue weighted by molar-refractivity contribution is 0.479. The third-order valence-corrected chi connectivity index (χ3v) is 4.25. The quantitative estimate of drug-likeness (QED) is 0.472. The fourth-order valence-corrected chi connectivity index (χ4v) is 3.38. The van der Waals surface area contributed by atoms with E-state index in [4.69, 9.17) is 16.3 Å². The highest BCUT2D eigenvalue weighted by atomic mass is 79.9. The second kappa shape index (κ2) is 5.91. The Morgan fingerprint density at radius 3 is 2.48 bits per heavy atom. The van der Waals surface area contributed by atoms with E-state index in [1.165, 1.54) is 12.1 Å². The first-order chi connectivity index (χ1) is 10.0. The lowest BCUT2D eigenvalue weighted by atomic mass is 10.2. The summed E-state index contributed by atoms with van der Waals surface area (Å²) in [6.07, 6.45) is 1.64. The van der Waals surface area contributed by atoms with Crippen LogP contribution < -0.4 is 4.74 Å². The van der Waals surface area contributed by atoms with Gasteiger partial charge in [0.2, 0.25) is 0 Å². The zero-order valence-corrected chi connectivity index (χ0v) is 14.3. The Hall–Kier alpha value is -1.17. The van der Waals surface area contributed by atoms with E-state index in [2.05, 4.69) is 36.8 Å². The number of ether oxygens (including phenoxy) is 1. The predicted molar refractivity (Wildman–Crippen MR) is 88.6 cm³/mol. The summed E-state index contributed by atoms with van der Waals surface area (Å²) in [6.45, 7) is 0. The summed E-state index contributed by atoms with van der Waals surface area (Å²) in [7, 11) is 0. The van der Waals surface area contributed by atoms with E-state index in [-0.39, 0.29) is 5.82 Å². The Morgan fingerprint density at radius 2 is 1.76 bits per heavy atom. The monoisotopic (exact) mass is 429 g/mol. The molecule has 21 heavy (non-hydrogen) atoms. The average Bonchev–Trinajstić information content (AvgIpc) is 2.42. The minimum atomic E-state index is -0.354. The van der Waals surface area contributed by atoms with Crippen LogP contribution >= 0.6 is 43.5 Å². The molecular formula is C15H7Br2ClFNO. The molecule has 3 aromatic rings. The maximum absolute atomic E-state index is 13.3. The third kappa shape index (κ3) is 3.05. The number of aromatic nitrogens is 1. The fourth-order valence-electron chi connectivity index (χ4n) is 1.92. The first-order valence-electron chi connectivity index (χ1n) is 5.91. The van der Waals surface area contributed by atoms with E-state index in [1.807, 2.05) is 6.07 Å². The van der Waals surface area contributed by atoms with Gasteiger partial charge in [-0.25, -0.2) is 4.39 Å². The van der Waals surface area contributed by atoms with Gasteiger partial charge in [0.15, 0.2) is 5.75 Å². The number of fused-ring (bicyclic) bond motifs is 1. The molecule has 0 saturated heterocycles. The molecule has 0 aliphatic carbocycles. The molecule has 1 aromatic heterocycles. The summed E-state index contributed by atoms with van der Waals surface area (Å²) >= 11 is 12.6. The van der Waals surface area contributed by atoms with Gasteiger partial charge in [-0.2, -0.15) is 0 Å². The summed E-state index contributed by atoms with van der Waals surface area (Å²) in [5.41, 5.74) is 0.731. The number of hydrogen-bond acceptors (Lipinski definition) is 2. The molecule has 0 fully saturated rings. The molecule has 0 aliphatic heterocycles. The Bertz CT molecular complexity index is 818. The van der Waals surface area contributed by atoms with Gasteiger partial charge < -0.3 is 4.74 Å². The molecule has 106 valence electrons. The Kier molecular flexibility index (Phi) is 4.15. The van der Waals surface area contributed by atoms with Crippen molar-refractivity contribution >= 4 is 54.4 Å². The molecule has 0 aliphatic rings. The highest BCUT2D eigenvalue weighted by Gasteiger charge is 2.12. The van der Waals surface area contributed by atoms with E-state index in [0.717, 1.165) is 10.9 Å². The third-order valence-electron chi connectivity index (χ3n) is 2.84. The summed E-state index contributed by atoms with van der Waals surface area (Å²) < 4.78 is 20.3. The number of pyridine rings is 1. The van der Waals surface area contributed by atoms with Crippen LogP contribution in [-0.2, 0) is 0 Å². The van der Waals surface area contributed by atoms with Gasteiger partial charge in [0.1, 0.15) is 11.6 Å². The summed E-state index contributed by atoms with van der Waals surface area (Å²) in [5.74, 6) is 0.760. The molecule has 0 amide bonds. The number of hydrogen-bond donors (Lipinski definition) is 0. The Labute approximate surface area is 142 Å². The van der Waals surface area contributed by atoms with Crippen LogP contribution in [-0.4, -0.2) is 4.98 Å². The highest BCUT2D eigenvalue weighted by molar-refractivity contribution is 9.11. The van der Waals surface area contributed by atoms with Gasteiger partial charge in [0, 0.05) is 16.6 Å². The van der Waals surface area contributed by atoms with Crippen LogP contribution in [0.4, 0.5) is 4.39 Å². The number of halogens is 4. The van der Waals surface area contributed by atoms with Crippen LogP contribution in [0.15, 0.2) is 51.5 Å². The second-order valence-electron chi connectivity index (χ2n) is 4.27. The molecule has 0 radical (unpaired) electrons. The Morgan fingerprint density at radius 1 is 1.05 bits per heavy atom. The van der Waals surface area contributed by atoms with E-state index in [1.54, 1.807) is 24.4 Å². The van der Waals surface area contributed by atoms with Crippen molar-refractivity contribution in [3.8, 4) is 11.5 Å². The number of rotatable bonds is 2. The summed E-state index contributed by atoms with van der Waals surface area (Å²) in [4.78, 5) is 4.26. The topological polar surface area (TPSA) is 22.1 Å². The smallest absolute Gasteiger partial charge is 0.156 e. The molecule has 6 heteroatoms.